The highest BCUT2D eigenvalue weighted by Gasteiger charge is 2.02. The van der Waals surface area contributed by atoms with Crippen LogP contribution in [0.15, 0.2) is 23.3 Å². The Labute approximate surface area is 135 Å². The summed E-state index contributed by atoms with van der Waals surface area (Å²) in [6.07, 6.45) is 3.05. The molecule has 0 aromatic carbocycles. The number of ether oxygens (including phenoxy) is 1. The van der Waals surface area contributed by atoms with Crippen molar-refractivity contribution < 1.29 is 4.74 Å². The van der Waals surface area contributed by atoms with E-state index in [0.29, 0.717) is 16.7 Å². The molecule has 0 saturated carbocycles. The maximum Gasteiger partial charge on any atom is 0.197 e. The Kier molecular flexibility index (Phi) is 7.96. The van der Waals surface area contributed by atoms with Crippen molar-refractivity contribution in [3.05, 3.63) is 29.0 Å². The van der Waals surface area contributed by atoms with Gasteiger partial charge < -0.3 is 21.1 Å². The molecule has 116 valence electrons. The van der Waals surface area contributed by atoms with Gasteiger partial charge in [-0.25, -0.2) is 4.99 Å². The fourth-order valence-electron chi connectivity index (χ4n) is 1.50. The molecule has 0 aliphatic carbocycles. The number of aryl methyl sites for hydroxylation is 1. The molecule has 0 saturated heterocycles. The van der Waals surface area contributed by atoms with Gasteiger partial charge in [0.15, 0.2) is 11.1 Å². The number of aromatic nitrogens is 1. The summed E-state index contributed by atoms with van der Waals surface area (Å²) in [4.78, 5) is 8.25. The molecule has 1 aromatic rings. The van der Waals surface area contributed by atoms with Crippen molar-refractivity contribution in [3.63, 3.8) is 0 Å². The van der Waals surface area contributed by atoms with E-state index < -0.39 is 0 Å². The number of methoxy groups -OCH3 is 1. The third-order valence-corrected chi connectivity index (χ3v) is 3.20. The van der Waals surface area contributed by atoms with Gasteiger partial charge in [-0.3, -0.25) is 4.98 Å². The van der Waals surface area contributed by atoms with E-state index >= 15 is 0 Å². The molecule has 8 heteroatoms. The second kappa shape index (κ2) is 9.49. The smallest absolute Gasteiger partial charge is 0.197 e. The van der Waals surface area contributed by atoms with E-state index in [-0.39, 0.29) is 12.2 Å². The van der Waals surface area contributed by atoms with Crippen molar-refractivity contribution in [1.29, 1.82) is 0 Å². The number of nitrogens with zero attached hydrogens (tertiary/aromatic N) is 2. The normalized spacial score (nSPS) is 12.8. The lowest BCUT2D eigenvalue weighted by atomic mass is 10.2. The van der Waals surface area contributed by atoms with Crippen LogP contribution in [-0.4, -0.2) is 35.9 Å². The zero-order valence-corrected chi connectivity index (χ0v) is 13.7. The molecule has 0 aliphatic heterocycles. The Balaban J connectivity index is 2.25. The summed E-state index contributed by atoms with van der Waals surface area (Å²) >= 11 is 11.1. The molecular weight excluding hydrogens is 310 g/mol. The molecule has 1 heterocycles. The number of halogens is 1. The first-order chi connectivity index (χ1) is 10.0. The van der Waals surface area contributed by atoms with Crippen LogP contribution in [-0.2, 0) is 11.2 Å². The number of hydrogen-bond acceptors (Lipinski definition) is 4. The van der Waals surface area contributed by atoms with Crippen LogP contribution >= 0.6 is 23.8 Å². The van der Waals surface area contributed by atoms with Crippen LogP contribution in [0.2, 0.25) is 5.02 Å². The zero-order chi connectivity index (χ0) is 15.7. The summed E-state index contributed by atoms with van der Waals surface area (Å²) in [6.45, 7) is 2.47. The van der Waals surface area contributed by atoms with Gasteiger partial charge in [0.25, 0.3) is 0 Å². The predicted molar refractivity (Wildman–Crippen MR) is 89.4 cm³/mol. The molecule has 0 amide bonds. The SMILES string of the molecule is COC(C)/N=C(\N)NC(=S)NCCCc1ncccc1Cl. The van der Waals surface area contributed by atoms with Crippen molar-refractivity contribution in [3.8, 4) is 0 Å². The minimum Gasteiger partial charge on any atom is -0.370 e. The number of thiocarbonyl (C=S) groups is 1. The number of nitrogens with one attached hydrogen (secondary N) is 2. The van der Waals surface area contributed by atoms with Crippen LogP contribution in [0.5, 0.6) is 0 Å². The van der Waals surface area contributed by atoms with E-state index in [1.807, 2.05) is 12.1 Å². The summed E-state index contributed by atoms with van der Waals surface area (Å²) in [5, 5.41) is 6.93. The molecule has 0 aliphatic rings. The van der Waals surface area contributed by atoms with Crippen LogP contribution in [0.3, 0.4) is 0 Å². The summed E-state index contributed by atoms with van der Waals surface area (Å²) in [5.41, 5.74) is 6.55. The van der Waals surface area contributed by atoms with Gasteiger partial charge >= 0.3 is 0 Å². The summed E-state index contributed by atoms with van der Waals surface area (Å²) in [7, 11) is 1.56. The maximum atomic E-state index is 6.03. The first-order valence-electron chi connectivity index (χ1n) is 6.53. The van der Waals surface area contributed by atoms with Crippen molar-refractivity contribution >= 4 is 34.9 Å². The van der Waals surface area contributed by atoms with Crippen LogP contribution in [0, 0.1) is 0 Å². The molecule has 0 fully saturated rings. The van der Waals surface area contributed by atoms with E-state index in [1.165, 1.54) is 0 Å². The predicted octanol–water partition coefficient (Wildman–Crippen LogP) is 1.44. The van der Waals surface area contributed by atoms with Gasteiger partial charge in [-0.15, -0.1) is 0 Å². The quantitative estimate of drug-likeness (QED) is 0.317. The molecule has 4 N–H and O–H groups in total. The second-order valence-corrected chi connectivity index (χ2v) is 5.08. The number of guanidine groups is 1. The first-order valence-corrected chi connectivity index (χ1v) is 7.32. The number of hydrogen-bond donors (Lipinski definition) is 3. The van der Waals surface area contributed by atoms with E-state index in [1.54, 1.807) is 20.2 Å². The van der Waals surface area contributed by atoms with Crippen LogP contribution in [0.25, 0.3) is 0 Å². The minimum atomic E-state index is -0.313. The highest BCUT2D eigenvalue weighted by molar-refractivity contribution is 7.80. The molecule has 0 bridgehead atoms. The fraction of sp³-hybridized carbons (Fsp3) is 0.462. The summed E-state index contributed by atoms with van der Waals surface area (Å²) < 4.78 is 4.97. The van der Waals surface area contributed by atoms with Gasteiger partial charge in [0, 0.05) is 19.9 Å². The molecular formula is C13H20ClN5OS. The lowest BCUT2D eigenvalue weighted by molar-refractivity contribution is 0.126. The Hall–Kier alpha value is -1.44. The molecule has 0 radical (unpaired) electrons. The van der Waals surface area contributed by atoms with Crippen LogP contribution < -0.4 is 16.4 Å². The molecule has 6 nitrogen and oxygen atoms in total. The molecule has 1 atom stereocenters. The molecule has 21 heavy (non-hydrogen) atoms. The molecule has 0 spiro atoms. The highest BCUT2D eigenvalue weighted by Crippen LogP contribution is 2.13. The van der Waals surface area contributed by atoms with Gasteiger partial charge in [0.2, 0.25) is 0 Å². The topological polar surface area (TPSA) is 84.6 Å². The standard InChI is InChI=1S/C13H20ClN5OS/c1-9(20-2)18-12(15)19-13(21)17-8-4-6-11-10(14)5-3-7-16-11/h3,5,7,9H,4,6,8H2,1-2H3,(H4,15,17,18,19,21). The largest absolute Gasteiger partial charge is 0.370 e. The van der Waals surface area contributed by atoms with Gasteiger partial charge in [-0.2, -0.15) is 0 Å². The van der Waals surface area contributed by atoms with Crippen molar-refractivity contribution in [2.45, 2.75) is 26.0 Å². The lowest BCUT2D eigenvalue weighted by Crippen LogP contribution is -2.44. The Morgan fingerprint density at radius 2 is 2.38 bits per heavy atom. The monoisotopic (exact) mass is 329 g/mol. The average Bonchev–Trinajstić information content (AvgIpc) is 2.45. The van der Waals surface area contributed by atoms with E-state index in [0.717, 1.165) is 18.5 Å². The van der Waals surface area contributed by atoms with Gasteiger partial charge in [-0.1, -0.05) is 11.6 Å². The average molecular weight is 330 g/mol. The number of aliphatic imine (C=N–C) groups is 1. The van der Waals surface area contributed by atoms with Crippen molar-refractivity contribution in [1.82, 2.24) is 15.6 Å². The fourth-order valence-corrected chi connectivity index (χ4v) is 1.92. The number of rotatable bonds is 6. The van der Waals surface area contributed by atoms with E-state index in [4.69, 9.17) is 34.3 Å². The van der Waals surface area contributed by atoms with Gasteiger partial charge in [0.05, 0.1) is 10.7 Å². The zero-order valence-electron chi connectivity index (χ0n) is 12.1. The molecule has 1 aromatic heterocycles. The van der Waals surface area contributed by atoms with Gasteiger partial charge in [-0.05, 0) is 44.1 Å². The van der Waals surface area contributed by atoms with Gasteiger partial charge in [0.1, 0.15) is 6.23 Å². The number of pyridine rings is 1. The minimum absolute atomic E-state index is 0.217. The highest BCUT2D eigenvalue weighted by atomic mass is 35.5. The summed E-state index contributed by atoms with van der Waals surface area (Å²) in [6, 6.07) is 3.64. The third-order valence-electron chi connectivity index (χ3n) is 2.61. The Morgan fingerprint density at radius 1 is 1.62 bits per heavy atom. The Bertz CT molecular complexity index is 497. The van der Waals surface area contributed by atoms with E-state index in [9.17, 15) is 0 Å². The van der Waals surface area contributed by atoms with Crippen molar-refractivity contribution in [2.75, 3.05) is 13.7 Å². The maximum absolute atomic E-state index is 6.03. The molecule has 1 rings (SSSR count). The van der Waals surface area contributed by atoms with Crippen LogP contribution in [0.1, 0.15) is 19.0 Å². The number of nitrogens with two attached hydrogens (primary N) is 1. The first kappa shape index (κ1) is 17.6. The second-order valence-electron chi connectivity index (χ2n) is 4.27. The van der Waals surface area contributed by atoms with Crippen molar-refractivity contribution in [2.24, 2.45) is 10.7 Å². The summed E-state index contributed by atoms with van der Waals surface area (Å²) in [5.74, 6) is 0.217. The lowest BCUT2D eigenvalue weighted by Gasteiger charge is -2.11. The third kappa shape index (κ3) is 7.22. The van der Waals surface area contributed by atoms with E-state index in [2.05, 4.69) is 20.6 Å². The van der Waals surface area contributed by atoms with Crippen LogP contribution in [0.4, 0.5) is 0 Å². The molecule has 1 unspecified atom stereocenters. The Morgan fingerprint density at radius 3 is 3.05 bits per heavy atom.